The second kappa shape index (κ2) is 22.6. The van der Waals surface area contributed by atoms with Crippen molar-refractivity contribution in [3.63, 3.8) is 0 Å². The average Bonchev–Trinajstić information content (AvgIpc) is 0. The molecular weight excluding hydrogens is 185 g/mol. The van der Waals surface area contributed by atoms with Crippen molar-refractivity contribution in [1.82, 2.24) is 0 Å². The van der Waals surface area contributed by atoms with Crippen LogP contribution >= 0.6 is 0 Å². The topological polar surface area (TPSA) is 0 Å². The molecule has 0 saturated heterocycles. The van der Waals surface area contributed by atoms with Gasteiger partial charge in [0.25, 0.3) is 0 Å². The van der Waals surface area contributed by atoms with E-state index in [4.69, 9.17) is 0 Å². The maximum absolute atomic E-state index is 0. The molecular formula is Ca4Mg. The van der Waals surface area contributed by atoms with Crippen molar-refractivity contribution in [3.05, 3.63) is 0 Å². The van der Waals surface area contributed by atoms with E-state index < -0.39 is 0 Å². The second-order valence-corrected chi connectivity index (χ2v) is 0. The third kappa shape index (κ3) is 17.7. The van der Waals surface area contributed by atoms with Crippen molar-refractivity contribution < 1.29 is 0 Å². The number of hydrogen-bond donors (Lipinski definition) is 0. The Morgan fingerprint density at radius 1 is 0.400 bits per heavy atom. The molecule has 5 heteroatoms. The van der Waals surface area contributed by atoms with Crippen molar-refractivity contribution in [2.24, 2.45) is 0 Å². The molecule has 5 heavy (non-hydrogen) atoms. The molecule has 0 spiro atoms. The van der Waals surface area contributed by atoms with Crippen molar-refractivity contribution in [2.75, 3.05) is 0 Å². The average molecular weight is 185 g/mol. The molecule has 0 bridgehead atoms. The van der Waals surface area contributed by atoms with Crippen LogP contribution in [0.3, 0.4) is 0 Å². The second-order valence-electron chi connectivity index (χ2n) is 0. The summed E-state index contributed by atoms with van der Waals surface area (Å²) in [7, 11) is 0. The van der Waals surface area contributed by atoms with E-state index >= 15 is 0 Å². The van der Waals surface area contributed by atoms with Crippen LogP contribution in [0.4, 0.5) is 0 Å². The zero-order valence-electron chi connectivity index (χ0n) is 3.54. The molecule has 0 atom stereocenters. The summed E-state index contributed by atoms with van der Waals surface area (Å²) in [5, 5.41) is 0. The summed E-state index contributed by atoms with van der Waals surface area (Å²) in [5.41, 5.74) is 0. The first-order chi connectivity index (χ1) is 0. The van der Waals surface area contributed by atoms with E-state index in [-0.39, 0.29) is 174 Å². The van der Waals surface area contributed by atoms with E-state index in [2.05, 4.69) is 0 Å². The molecule has 0 aromatic heterocycles. The maximum Gasteiger partial charge on any atom is 0 e. The van der Waals surface area contributed by atoms with Gasteiger partial charge in [0, 0.05) is 174 Å². The van der Waals surface area contributed by atoms with Gasteiger partial charge in [-0.2, -0.15) is 0 Å². The van der Waals surface area contributed by atoms with Gasteiger partial charge in [-0.1, -0.05) is 0 Å². The van der Waals surface area contributed by atoms with Gasteiger partial charge in [-0.15, -0.1) is 0 Å². The molecule has 10 radical (unpaired) electrons. The van der Waals surface area contributed by atoms with Crippen LogP contribution in [0.25, 0.3) is 0 Å². The van der Waals surface area contributed by atoms with Crippen LogP contribution < -0.4 is 0 Å². The van der Waals surface area contributed by atoms with Crippen LogP contribution in [-0.2, 0) is 0 Å². The standard InChI is InChI=1S/4Ca.Mg. The quantitative estimate of drug-likeness (QED) is 0.386. The van der Waals surface area contributed by atoms with Gasteiger partial charge >= 0.3 is 0 Å². The smallest absolute Gasteiger partial charge is 0 e. The summed E-state index contributed by atoms with van der Waals surface area (Å²) in [5.74, 6) is 0. The molecule has 0 aromatic carbocycles. The molecule has 0 aliphatic heterocycles. The fourth-order valence-electron chi connectivity index (χ4n) is 0. The molecule has 0 N–H and O–H groups in total. The third-order valence-corrected chi connectivity index (χ3v) is 0. The molecule has 0 aliphatic rings. The van der Waals surface area contributed by atoms with Crippen molar-refractivity contribution >= 4 is 174 Å². The van der Waals surface area contributed by atoms with Crippen LogP contribution in [0, 0.1) is 0 Å². The maximum atomic E-state index is 0. The van der Waals surface area contributed by atoms with Crippen molar-refractivity contribution in [3.8, 4) is 0 Å². The first-order valence-electron chi connectivity index (χ1n) is 0. The van der Waals surface area contributed by atoms with E-state index in [0.29, 0.717) is 0 Å². The fraction of sp³-hybridized carbons (Fsp3) is 0. The molecule has 0 aromatic rings. The summed E-state index contributed by atoms with van der Waals surface area (Å²) < 4.78 is 0. The monoisotopic (exact) mass is 184 g/mol. The van der Waals surface area contributed by atoms with Gasteiger partial charge in [0.15, 0.2) is 0 Å². The van der Waals surface area contributed by atoms with E-state index in [1.165, 1.54) is 0 Å². The summed E-state index contributed by atoms with van der Waals surface area (Å²) in [6.07, 6.45) is 0. The SMILES string of the molecule is [Ca].[Ca].[Ca].[Ca].[Mg]. The molecule has 0 heterocycles. The Morgan fingerprint density at radius 2 is 0.400 bits per heavy atom. The molecule has 10 valence electrons. The fourth-order valence-corrected chi connectivity index (χ4v) is 0. The molecule has 0 fully saturated rings. The Kier molecular flexibility index (Phi) is 139. The Hall–Kier alpha value is 5.81. The number of rotatable bonds is 0. The van der Waals surface area contributed by atoms with Gasteiger partial charge in [0.2, 0.25) is 0 Å². The first kappa shape index (κ1) is 30.8. The normalized spacial score (nSPS) is 0. The summed E-state index contributed by atoms with van der Waals surface area (Å²) >= 11 is 0. The Morgan fingerprint density at radius 3 is 0.400 bits per heavy atom. The van der Waals surface area contributed by atoms with E-state index in [1.807, 2.05) is 0 Å². The van der Waals surface area contributed by atoms with Gasteiger partial charge in [0.05, 0.1) is 0 Å². The molecule has 0 saturated carbocycles. The predicted octanol–water partition coefficient (Wildman–Crippen LogP) is -1.90. The minimum atomic E-state index is 0. The van der Waals surface area contributed by atoms with Gasteiger partial charge < -0.3 is 0 Å². The van der Waals surface area contributed by atoms with Gasteiger partial charge in [-0.3, -0.25) is 0 Å². The van der Waals surface area contributed by atoms with Crippen LogP contribution in [0.1, 0.15) is 0 Å². The predicted molar refractivity (Wildman–Crippen MR) is 28.8 cm³/mol. The summed E-state index contributed by atoms with van der Waals surface area (Å²) in [6.45, 7) is 0. The molecule has 0 unspecified atom stereocenters. The largest absolute Gasteiger partial charge is 0 e. The van der Waals surface area contributed by atoms with Crippen molar-refractivity contribution in [1.29, 1.82) is 0 Å². The minimum absolute atomic E-state index is 0. The van der Waals surface area contributed by atoms with E-state index in [0.717, 1.165) is 0 Å². The zero-order valence-corrected chi connectivity index (χ0v) is 13.8. The van der Waals surface area contributed by atoms with E-state index in [1.54, 1.807) is 0 Å². The van der Waals surface area contributed by atoms with Crippen LogP contribution in [-0.4, -0.2) is 174 Å². The van der Waals surface area contributed by atoms with E-state index in [9.17, 15) is 0 Å². The van der Waals surface area contributed by atoms with Crippen LogP contribution in [0.2, 0.25) is 0 Å². The van der Waals surface area contributed by atoms with Gasteiger partial charge in [-0.05, 0) is 0 Å². The zero-order chi connectivity index (χ0) is 0. The Labute approximate surface area is 168 Å². The minimum Gasteiger partial charge on any atom is 0 e. The summed E-state index contributed by atoms with van der Waals surface area (Å²) in [6, 6.07) is 0. The van der Waals surface area contributed by atoms with Gasteiger partial charge in [-0.25, -0.2) is 0 Å². The molecule has 0 amide bonds. The van der Waals surface area contributed by atoms with Crippen molar-refractivity contribution in [2.45, 2.75) is 0 Å². The van der Waals surface area contributed by atoms with Gasteiger partial charge in [0.1, 0.15) is 0 Å². The van der Waals surface area contributed by atoms with Crippen LogP contribution in [0.5, 0.6) is 0 Å². The molecule has 0 rings (SSSR count). The van der Waals surface area contributed by atoms with Crippen LogP contribution in [0.15, 0.2) is 0 Å². The first-order valence-corrected chi connectivity index (χ1v) is 0. The Balaban J connectivity index is 0. The Bertz CT molecular complexity index is 3.61. The summed E-state index contributed by atoms with van der Waals surface area (Å²) in [4.78, 5) is 0. The number of hydrogen-bond acceptors (Lipinski definition) is 0. The third-order valence-electron chi connectivity index (χ3n) is 0. The molecule has 0 aliphatic carbocycles. The molecule has 0 nitrogen and oxygen atoms in total.